The van der Waals surface area contributed by atoms with Gasteiger partial charge in [0, 0.05) is 23.9 Å². The molecule has 0 saturated heterocycles. The summed E-state index contributed by atoms with van der Waals surface area (Å²) in [7, 11) is 3.64. The van der Waals surface area contributed by atoms with Crippen LogP contribution in [-0.2, 0) is 6.42 Å². The largest absolute Gasteiger partial charge is 0.395 e. The lowest BCUT2D eigenvalue weighted by Crippen LogP contribution is -2.52. The van der Waals surface area contributed by atoms with E-state index in [4.69, 9.17) is 0 Å². The third-order valence-electron chi connectivity index (χ3n) is 6.25. The van der Waals surface area contributed by atoms with E-state index >= 15 is 4.39 Å². The van der Waals surface area contributed by atoms with Crippen LogP contribution >= 0.6 is 0 Å². The van der Waals surface area contributed by atoms with Gasteiger partial charge in [-0.05, 0) is 67.7 Å². The van der Waals surface area contributed by atoms with Gasteiger partial charge >= 0.3 is 0 Å². The number of aromatic nitrogens is 1. The van der Waals surface area contributed by atoms with E-state index in [-0.39, 0.29) is 29.6 Å². The van der Waals surface area contributed by atoms with Gasteiger partial charge in [0.1, 0.15) is 11.6 Å². The number of nitrogens with zero attached hydrogens (tertiary/aromatic N) is 3. The van der Waals surface area contributed by atoms with Crippen molar-refractivity contribution in [1.29, 1.82) is 0 Å². The molecule has 1 aliphatic rings. The van der Waals surface area contributed by atoms with Crippen LogP contribution in [0.4, 0.5) is 8.78 Å². The number of aliphatic imine (C=N–C) groups is 1. The minimum absolute atomic E-state index is 0.106. The van der Waals surface area contributed by atoms with Crippen LogP contribution in [0.5, 0.6) is 0 Å². The maximum Gasteiger partial charge on any atom is 0.252 e. The van der Waals surface area contributed by atoms with Gasteiger partial charge in [-0.25, -0.2) is 8.78 Å². The van der Waals surface area contributed by atoms with E-state index in [0.717, 1.165) is 16.8 Å². The summed E-state index contributed by atoms with van der Waals surface area (Å²) >= 11 is 0. The van der Waals surface area contributed by atoms with Crippen molar-refractivity contribution in [2.45, 2.75) is 18.5 Å². The maximum absolute atomic E-state index is 15.1. The average Bonchev–Trinajstić information content (AvgIpc) is 3.35. The van der Waals surface area contributed by atoms with Crippen molar-refractivity contribution >= 4 is 17.2 Å². The average molecular weight is 491 g/mol. The van der Waals surface area contributed by atoms with Gasteiger partial charge in [0.2, 0.25) is 0 Å². The highest BCUT2D eigenvalue weighted by Crippen LogP contribution is 2.25. The number of carbonyl (C=O) groups excluding carboxylic acids is 1. The molecule has 1 amide bonds. The second kappa shape index (κ2) is 11.3. The third-order valence-corrected chi connectivity index (χ3v) is 6.25. The first-order valence-electron chi connectivity index (χ1n) is 11.6. The first-order valence-corrected chi connectivity index (χ1v) is 11.6. The summed E-state index contributed by atoms with van der Waals surface area (Å²) in [6.45, 7) is 0.114. The molecule has 4 rings (SSSR count). The first-order chi connectivity index (χ1) is 17.4. The van der Waals surface area contributed by atoms with Crippen LogP contribution in [-0.4, -0.2) is 65.9 Å². The Balaban J connectivity index is 1.63. The molecule has 0 bridgehead atoms. The van der Waals surface area contributed by atoms with Crippen LogP contribution in [0.3, 0.4) is 0 Å². The number of halogens is 2. The van der Waals surface area contributed by atoms with Crippen molar-refractivity contribution in [1.82, 2.24) is 15.2 Å². The van der Waals surface area contributed by atoms with E-state index in [2.05, 4.69) is 15.3 Å². The van der Waals surface area contributed by atoms with Gasteiger partial charge in [-0.2, -0.15) is 0 Å². The SMILES string of the molecule is CN(C)[C@H](CO)[C@H](Cc1ccccn1)NC(=O)c1cccc(F)c1C1=NCC(c2ccc(F)cc2)=C1. The Morgan fingerprint density at radius 2 is 1.86 bits per heavy atom. The molecule has 2 aromatic carbocycles. The fourth-order valence-corrected chi connectivity index (χ4v) is 4.31. The number of carbonyl (C=O) groups is 1. The van der Waals surface area contributed by atoms with Crippen molar-refractivity contribution in [2.24, 2.45) is 4.99 Å². The second-order valence-electron chi connectivity index (χ2n) is 8.86. The number of amides is 1. The Hall–Kier alpha value is -3.75. The predicted octanol–water partition coefficient (Wildman–Crippen LogP) is 3.51. The number of benzene rings is 2. The lowest BCUT2D eigenvalue weighted by molar-refractivity contribution is 0.0866. The number of nitrogens with one attached hydrogen (secondary N) is 1. The second-order valence-corrected chi connectivity index (χ2v) is 8.86. The third kappa shape index (κ3) is 5.72. The summed E-state index contributed by atoms with van der Waals surface area (Å²) in [6, 6.07) is 15.0. The number of hydrogen-bond donors (Lipinski definition) is 2. The monoisotopic (exact) mass is 490 g/mol. The molecular weight excluding hydrogens is 462 g/mol. The molecule has 3 aromatic rings. The molecule has 1 aliphatic heterocycles. The Morgan fingerprint density at radius 1 is 1.08 bits per heavy atom. The molecule has 0 saturated carbocycles. The van der Waals surface area contributed by atoms with Crippen molar-refractivity contribution in [2.75, 3.05) is 27.2 Å². The smallest absolute Gasteiger partial charge is 0.252 e. The number of hydrogen-bond acceptors (Lipinski definition) is 5. The van der Waals surface area contributed by atoms with Gasteiger partial charge in [-0.3, -0.25) is 14.8 Å². The van der Waals surface area contributed by atoms with Crippen LogP contribution in [0.15, 0.2) is 77.9 Å². The number of allylic oxidation sites excluding steroid dienone is 1. The summed E-state index contributed by atoms with van der Waals surface area (Å²) in [5.41, 5.74) is 2.95. The summed E-state index contributed by atoms with van der Waals surface area (Å²) < 4.78 is 28.4. The van der Waals surface area contributed by atoms with Crippen molar-refractivity contribution in [3.8, 4) is 0 Å². The molecule has 0 unspecified atom stereocenters. The van der Waals surface area contributed by atoms with Crippen LogP contribution in [0.25, 0.3) is 5.57 Å². The molecule has 2 heterocycles. The molecular formula is C28H28F2N4O2. The Kier molecular flexibility index (Phi) is 7.97. The minimum atomic E-state index is -0.564. The van der Waals surface area contributed by atoms with E-state index in [1.807, 2.05) is 37.2 Å². The van der Waals surface area contributed by atoms with Crippen LogP contribution in [0.2, 0.25) is 0 Å². The topological polar surface area (TPSA) is 77.8 Å². The molecule has 0 radical (unpaired) electrons. The first kappa shape index (κ1) is 25.3. The minimum Gasteiger partial charge on any atom is -0.395 e. The highest BCUT2D eigenvalue weighted by atomic mass is 19.1. The van der Waals surface area contributed by atoms with Gasteiger partial charge in [0.25, 0.3) is 5.91 Å². The fraction of sp³-hybridized carbons (Fsp3) is 0.250. The zero-order valence-electron chi connectivity index (χ0n) is 20.2. The predicted molar refractivity (Wildman–Crippen MR) is 136 cm³/mol. The molecule has 8 heteroatoms. The molecule has 186 valence electrons. The summed E-state index contributed by atoms with van der Waals surface area (Å²) in [4.78, 5) is 24.1. The zero-order valence-corrected chi connectivity index (χ0v) is 20.2. The maximum atomic E-state index is 15.1. The molecule has 0 aliphatic carbocycles. The number of pyridine rings is 1. The standard InChI is InChI=1S/C28H28F2N4O2/c1-34(2)26(17-35)24(15-21-6-3-4-13-31-21)33-28(36)22-7-5-8-23(30)27(22)25-14-19(16-32-25)18-9-11-20(29)12-10-18/h3-14,24,26,35H,15-17H2,1-2H3,(H,33,36)/t24-,26+/m0/s1. The summed E-state index contributed by atoms with van der Waals surface area (Å²) in [6.07, 6.45) is 3.78. The number of aliphatic hydroxyl groups excluding tert-OH is 1. The van der Waals surface area contributed by atoms with Gasteiger partial charge in [0.15, 0.2) is 0 Å². The Morgan fingerprint density at radius 3 is 2.53 bits per heavy atom. The van der Waals surface area contributed by atoms with E-state index in [1.54, 1.807) is 30.5 Å². The molecule has 36 heavy (non-hydrogen) atoms. The summed E-state index contributed by atoms with van der Waals surface area (Å²) in [5, 5.41) is 13.0. The lowest BCUT2D eigenvalue weighted by Gasteiger charge is -2.31. The molecule has 2 atom stereocenters. The number of likely N-dealkylation sites (N-methyl/N-ethyl adjacent to an activating group) is 1. The van der Waals surface area contributed by atoms with Crippen LogP contribution < -0.4 is 5.32 Å². The Bertz CT molecular complexity index is 1270. The quantitative estimate of drug-likeness (QED) is 0.481. The highest BCUT2D eigenvalue weighted by Gasteiger charge is 2.28. The fourth-order valence-electron chi connectivity index (χ4n) is 4.31. The molecule has 0 fully saturated rings. The van der Waals surface area contributed by atoms with Crippen molar-refractivity contribution in [3.05, 3.63) is 107 Å². The van der Waals surface area contributed by atoms with Crippen molar-refractivity contribution < 1.29 is 18.7 Å². The van der Waals surface area contributed by atoms with Gasteiger partial charge in [0.05, 0.1) is 36.5 Å². The van der Waals surface area contributed by atoms with Gasteiger partial charge in [-0.15, -0.1) is 0 Å². The van der Waals surface area contributed by atoms with E-state index in [9.17, 15) is 14.3 Å². The molecule has 2 N–H and O–H groups in total. The summed E-state index contributed by atoms with van der Waals surface area (Å²) in [5.74, 6) is -1.38. The Labute approximate surface area is 209 Å². The molecule has 6 nitrogen and oxygen atoms in total. The van der Waals surface area contributed by atoms with Gasteiger partial charge in [-0.1, -0.05) is 24.3 Å². The number of rotatable bonds is 9. The zero-order chi connectivity index (χ0) is 25.7. The van der Waals surface area contributed by atoms with E-state index in [1.165, 1.54) is 24.3 Å². The number of aliphatic hydroxyl groups is 1. The lowest BCUT2D eigenvalue weighted by atomic mass is 9.97. The van der Waals surface area contributed by atoms with E-state index in [0.29, 0.717) is 18.7 Å². The van der Waals surface area contributed by atoms with Crippen LogP contribution in [0.1, 0.15) is 27.2 Å². The normalized spacial score (nSPS) is 14.8. The van der Waals surface area contributed by atoms with Crippen molar-refractivity contribution in [3.63, 3.8) is 0 Å². The van der Waals surface area contributed by atoms with E-state index < -0.39 is 17.8 Å². The highest BCUT2D eigenvalue weighted by molar-refractivity contribution is 6.19. The van der Waals surface area contributed by atoms with Crippen LogP contribution in [0, 0.1) is 11.6 Å². The molecule has 0 spiro atoms. The molecule has 1 aromatic heterocycles. The van der Waals surface area contributed by atoms with Gasteiger partial charge < -0.3 is 15.3 Å².